The van der Waals surface area contributed by atoms with E-state index >= 15 is 0 Å². The van der Waals surface area contributed by atoms with E-state index in [0.29, 0.717) is 18.8 Å². The van der Waals surface area contributed by atoms with Crippen LogP contribution in [0.2, 0.25) is 0 Å². The van der Waals surface area contributed by atoms with E-state index in [2.05, 4.69) is 15.3 Å². The molecule has 3 aromatic rings. The van der Waals surface area contributed by atoms with Gasteiger partial charge in [-0.1, -0.05) is 24.3 Å². The summed E-state index contributed by atoms with van der Waals surface area (Å²) in [5.74, 6) is 0.720. The van der Waals surface area contributed by atoms with E-state index in [1.807, 2.05) is 43.3 Å². The minimum Gasteiger partial charge on any atom is -0.269 e. The van der Waals surface area contributed by atoms with Crippen LogP contribution in [0, 0.1) is 0 Å². The number of pyridine rings is 2. The first-order valence-electron chi connectivity index (χ1n) is 8.34. The van der Waals surface area contributed by atoms with Crippen molar-refractivity contribution in [1.82, 2.24) is 4.98 Å². The van der Waals surface area contributed by atoms with Crippen molar-refractivity contribution in [2.24, 2.45) is 0 Å². The Morgan fingerprint density at radius 3 is 2.42 bits per heavy atom. The predicted molar refractivity (Wildman–Crippen MR) is 101 cm³/mol. The molecule has 0 aliphatic heterocycles. The molecule has 0 unspecified atom stereocenters. The molecule has 134 valence electrons. The number of H-pyrrole nitrogens is 1. The number of rotatable bonds is 7. The molecule has 26 heavy (non-hydrogen) atoms. The van der Waals surface area contributed by atoms with E-state index in [1.54, 1.807) is 30.5 Å². The van der Waals surface area contributed by atoms with Gasteiger partial charge in [0.2, 0.25) is 0 Å². The maximum Gasteiger partial charge on any atom is 0.272 e. The number of anilines is 2. The Bertz CT molecular complexity index is 930. The molecular formula is C19H21N4O2S+. The van der Waals surface area contributed by atoms with Gasteiger partial charge >= 0.3 is 0 Å². The molecule has 2 aromatic heterocycles. The summed E-state index contributed by atoms with van der Waals surface area (Å²) in [7, 11) is -3.63. The molecule has 0 spiro atoms. The number of para-hydroxylation sites is 1. The van der Waals surface area contributed by atoms with E-state index in [1.165, 1.54) is 10.5 Å². The Morgan fingerprint density at radius 1 is 1.04 bits per heavy atom. The van der Waals surface area contributed by atoms with Crippen molar-refractivity contribution in [3.05, 3.63) is 78.8 Å². The molecule has 0 bridgehead atoms. The Hall–Kier alpha value is -2.93. The van der Waals surface area contributed by atoms with Crippen molar-refractivity contribution in [2.75, 3.05) is 16.2 Å². The van der Waals surface area contributed by atoms with Crippen LogP contribution in [-0.2, 0) is 16.6 Å². The Morgan fingerprint density at radius 2 is 1.81 bits per heavy atom. The van der Waals surface area contributed by atoms with Crippen molar-refractivity contribution in [3.63, 3.8) is 0 Å². The van der Waals surface area contributed by atoms with Crippen LogP contribution in [0.25, 0.3) is 0 Å². The largest absolute Gasteiger partial charge is 0.272 e. The highest BCUT2D eigenvalue weighted by Crippen LogP contribution is 2.22. The molecule has 0 radical (unpaired) electrons. The van der Waals surface area contributed by atoms with Gasteiger partial charge in [0.25, 0.3) is 15.8 Å². The molecule has 0 aliphatic carbocycles. The lowest BCUT2D eigenvalue weighted by Gasteiger charge is -2.22. The van der Waals surface area contributed by atoms with Gasteiger partial charge in [-0.2, -0.15) is 0 Å². The number of aromatic nitrogens is 2. The first kappa shape index (κ1) is 17.9. The van der Waals surface area contributed by atoms with Gasteiger partial charge in [-0.15, -0.1) is 0 Å². The second-order valence-electron chi connectivity index (χ2n) is 5.62. The molecule has 2 N–H and O–H groups in total. The van der Waals surface area contributed by atoms with Gasteiger partial charge in [0, 0.05) is 18.8 Å². The second kappa shape index (κ2) is 7.97. The fraction of sp³-hybridized carbons (Fsp3) is 0.158. The highest BCUT2D eigenvalue weighted by Gasteiger charge is 2.24. The van der Waals surface area contributed by atoms with Gasteiger partial charge in [0.15, 0.2) is 0 Å². The number of hydrogen-bond acceptors (Lipinski definition) is 4. The van der Waals surface area contributed by atoms with Gasteiger partial charge < -0.3 is 0 Å². The molecule has 6 nitrogen and oxygen atoms in total. The standard InChI is InChI=1S/C19H20N4O2S/c1-2-23(17-9-4-3-5-10-17)26(24,25)18-11-12-19(22-15-18)21-14-16-8-6-7-13-20-16/h3-13,15H,2,14H2,1H3,(H,21,22)/p+1. The fourth-order valence-corrected chi connectivity index (χ4v) is 4.02. The fourth-order valence-electron chi connectivity index (χ4n) is 2.58. The summed E-state index contributed by atoms with van der Waals surface area (Å²) >= 11 is 0. The molecule has 2 heterocycles. The highest BCUT2D eigenvalue weighted by atomic mass is 32.2. The van der Waals surface area contributed by atoms with Crippen molar-refractivity contribution >= 4 is 21.5 Å². The van der Waals surface area contributed by atoms with Gasteiger partial charge in [0.1, 0.15) is 17.6 Å². The zero-order valence-corrected chi connectivity index (χ0v) is 15.3. The van der Waals surface area contributed by atoms with Gasteiger partial charge in [-0.05, 0) is 37.3 Å². The zero-order chi connectivity index (χ0) is 18.4. The van der Waals surface area contributed by atoms with Crippen LogP contribution in [0.4, 0.5) is 11.5 Å². The Balaban J connectivity index is 1.76. The number of hydrogen-bond donors (Lipinski definition) is 1. The highest BCUT2D eigenvalue weighted by molar-refractivity contribution is 7.92. The van der Waals surface area contributed by atoms with Crippen LogP contribution in [0.15, 0.2) is 78.0 Å². The second-order valence-corrected chi connectivity index (χ2v) is 7.48. The Labute approximate surface area is 153 Å². The molecular weight excluding hydrogens is 348 g/mol. The summed E-state index contributed by atoms with van der Waals surface area (Å²) in [6.45, 7) is 2.72. The minimum atomic E-state index is -3.63. The molecule has 0 atom stereocenters. The normalized spacial score (nSPS) is 11.1. The summed E-state index contributed by atoms with van der Waals surface area (Å²) in [5, 5.41) is 3.19. The van der Waals surface area contributed by atoms with E-state index in [4.69, 9.17) is 0 Å². The van der Waals surface area contributed by atoms with Crippen LogP contribution in [-0.4, -0.2) is 19.9 Å². The monoisotopic (exact) mass is 369 g/mol. The average Bonchev–Trinajstić information content (AvgIpc) is 2.69. The molecule has 3 rings (SSSR count). The SMILES string of the molecule is CCN(c1ccccc1)S(=O)(=O)c1ccc(NCc2ccccn2)[nH+]c1. The summed E-state index contributed by atoms with van der Waals surface area (Å²) in [6.07, 6.45) is 3.24. The molecule has 0 saturated carbocycles. The van der Waals surface area contributed by atoms with Gasteiger partial charge in [0.05, 0.1) is 11.4 Å². The number of sulfonamides is 1. The topological polar surface area (TPSA) is 76.4 Å². The van der Waals surface area contributed by atoms with Crippen molar-refractivity contribution < 1.29 is 13.4 Å². The van der Waals surface area contributed by atoms with E-state index in [0.717, 1.165) is 11.5 Å². The molecule has 0 fully saturated rings. The third-order valence-electron chi connectivity index (χ3n) is 3.89. The lowest BCUT2D eigenvalue weighted by Crippen LogP contribution is -2.31. The summed E-state index contributed by atoms with van der Waals surface area (Å²) in [5.41, 5.74) is 1.55. The van der Waals surface area contributed by atoms with Crippen LogP contribution < -0.4 is 14.6 Å². The zero-order valence-electron chi connectivity index (χ0n) is 14.5. The predicted octanol–water partition coefficient (Wildman–Crippen LogP) is 2.72. The maximum atomic E-state index is 12.9. The minimum absolute atomic E-state index is 0.214. The number of nitrogens with one attached hydrogen (secondary N) is 2. The number of benzene rings is 1. The van der Waals surface area contributed by atoms with E-state index in [-0.39, 0.29) is 4.90 Å². The Kier molecular flexibility index (Phi) is 5.48. The van der Waals surface area contributed by atoms with Crippen molar-refractivity contribution in [3.8, 4) is 0 Å². The molecule has 0 amide bonds. The van der Waals surface area contributed by atoms with Gasteiger partial charge in [-0.3, -0.25) is 14.6 Å². The smallest absolute Gasteiger partial charge is 0.269 e. The summed E-state index contributed by atoms with van der Waals surface area (Å²) in [6, 6.07) is 18.1. The van der Waals surface area contributed by atoms with E-state index in [9.17, 15) is 8.42 Å². The lowest BCUT2D eigenvalue weighted by molar-refractivity contribution is -0.364. The third kappa shape index (κ3) is 4.00. The third-order valence-corrected chi connectivity index (χ3v) is 5.79. The molecule has 7 heteroatoms. The first-order chi connectivity index (χ1) is 12.6. The first-order valence-corrected chi connectivity index (χ1v) is 9.78. The van der Waals surface area contributed by atoms with Crippen LogP contribution in [0.5, 0.6) is 0 Å². The molecule has 1 aromatic carbocycles. The van der Waals surface area contributed by atoms with Crippen LogP contribution in [0.3, 0.4) is 0 Å². The summed E-state index contributed by atoms with van der Waals surface area (Å²) < 4.78 is 27.2. The van der Waals surface area contributed by atoms with Crippen molar-refractivity contribution in [1.29, 1.82) is 0 Å². The lowest BCUT2D eigenvalue weighted by atomic mass is 10.3. The molecule has 0 aliphatic rings. The number of nitrogens with zero attached hydrogens (tertiary/aromatic N) is 2. The average molecular weight is 369 g/mol. The number of aromatic amines is 1. The van der Waals surface area contributed by atoms with Gasteiger partial charge in [-0.25, -0.2) is 13.4 Å². The van der Waals surface area contributed by atoms with Crippen LogP contribution >= 0.6 is 0 Å². The maximum absolute atomic E-state index is 12.9. The quantitative estimate of drug-likeness (QED) is 0.695. The molecule has 0 saturated heterocycles. The van der Waals surface area contributed by atoms with Crippen LogP contribution in [0.1, 0.15) is 12.6 Å². The van der Waals surface area contributed by atoms with Crippen molar-refractivity contribution in [2.45, 2.75) is 18.4 Å². The summed E-state index contributed by atoms with van der Waals surface area (Å²) in [4.78, 5) is 7.45. The van der Waals surface area contributed by atoms with E-state index < -0.39 is 10.0 Å².